The molecule has 1 aromatic heterocycles. The molecule has 1 aliphatic rings. The fourth-order valence-electron chi connectivity index (χ4n) is 2.05. The highest BCUT2D eigenvalue weighted by molar-refractivity contribution is 5.91. The first kappa shape index (κ1) is 13.0. The van der Waals surface area contributed by atoms with Crippen LogP contribution in [0.25, 0.3) is 0 Å². The molecule has 6 heteroatoms. The van der Waals surface area contributed by atoms with Crippen molar-refractivity contribution in [3.63, 3.8) is 0 Å². The minimum Gasteiger partial charge on any atom is -0.315 e. The molecule has 1 amide bonds. The summed E-state index contributed by atoms with van der Waals surface area (Å²) in [5, 5.41) is 13.1. The summed E-state index contributed by atoms with van der Waals surface area (Å²) in [4.78, 5) is 14.0. The molecule has 0 spiro atoms. The third-order valence-corrected chi connectivity index (χ3v) is 3.08. The molecule has 0 radical (unpaired) electrons. The molecule has 1 aromatic rings. The molecule has 0 aromatic carbocycles. The summed E-state index contributed by atoms with van der Waals surface area (Å²) >= 11 is 0. The van der Waals surface area contributed by atoms with E-state index in [1.807, 2.05) is 13.0 Å². The lowest BCUT2D eigenvalue weighted by Gasteiger charge is -2.18. The Morgan fingerprint density at radius 2 is 2.39 bits per heavy atom. The van der Waals surface area contributed by atoms with Crippen LogP contribution < -0.4 is 10.6 Å². The minimum absolute atomic E-state index is 0.00560. The number of amides is 1. The highest BCUT2D eigenvalue weighted by Gasteiger charge is 2.13. The topological polar surface area (TPSA) is 73.1 Å². The molecule has 2 heterocycles. The van der Waals surface area contributed by atoms with Crippen molar-refractivity contribution in [3.05, 3.63) is 11.8 Å². The van der Waals surface area contributed by atoms with Gasteiger partial charge in [-0.15, -0.1) is 0 Å². The summed E-state index contributed by atoms with van der Waals surface area (Å²) in [5.41, 5.74) is 1.03. The van der Waals surface area contributed by atoms with E-state index in [-0.39, 0.29) is 5.91 Å². The third kappa shape index (κ3) is 3.82. The fourth-order valence-corrected chi connectivity index (χ4v) is 2.05. The van der Waals surface area contributed by atoms with E-state index in [2.05, 4.69) is 25.7 Å². The number of aryl methyl sites for hydroxylation is 1. The molecule has 0 aliphatic carbocycles. The van der Waals surface area contributed by atoms with Gasteiger partial charge in [0.2, 0.25) is 5.91 Å². The number of carbonyl (C=O) groups is 1. The average Bonchev–Trinajstić information content (AvgIpc) is 2.65. The second kappa shape index (κ2) is 6.51. The Hall–Kier alpha value is -1.40. The summed E-state index contributed by atoms with van der Waals surface area (Å²) in [6, 6.07) is 1.88. The maximum atomic E-state index is 11.9. The van der Waals surface area contributed by atoms with Gasteiger partial charge in [0.1, 0.15) is 0 Å². The number of hydrogen-bond acceptors (Lipinski definition) is 4. The SMILES string of the molecule is CCc1cc(NC(=O)CN2CCCNCC2)n[nH]1. The van der Waals surface area contributed by atoms with Crippen LogP contribution in [0, 0.1) is 0 Å². The van der Waals surface area contributed by atoms with Gasteiger partial charge in [-0.1, -0.05) is 6.92 Å². The van der Waals surface area contributed by atoms with Crippen LogP contribution in [0.2, 0.25) is 0 Å². The largest absolute Gasteiger partial charge is 0.315 e. The van der Waals surface area contributed by atoms with Gasteiger partial charge in [0, 0.05) is 24.8 Å². The number of aromatic nitrogens is 2. The van der Waals surface area contributed by atoms with Crippen LogP contribution in [0.3, 0.4) is 0 Å². The Morgan fingerprint density at radius 1 is 1.50 bits per heavy atom. The van der Waals surface area contributed by atoms with Gasteiger partial charge in [0.15, 0.2) is 5.82 Å². The molecular weight excluding hydrogens is 230 g/mol. The molecule has 3 N–H and O–H groups in total. The second-order valence-corrected chi connectivity index (χ2v) is 4.56. The van der Waals surface area contributed by atoms with Gasteiger partial charge in [-0.3, -0.25) is 14.8 Å². The van der Waals surface area contributed by atoms with Crippen LogP contribution in [0.5, 0.6) is 0 Å². The van der Waals surface area contributed by atoms with Gasteiger partial charge < -0.3 is 10.6 Å². The summed E-state index contributed by atoms with van der Waals surface area (Å²) in [6.07, 6.45) is 1.98. The summed E-state index contributed by atoms with van der Waals surface area (Å²) in [7, 11) is 0. The van der Waals surface area contributed by atoms with E-state index < -0.39 is 0 Å². The lowest BCUT2D eigenvalue weighted by Crippen LogP contribution is -2.35. The van der Waals surface area contributed by atoms with E-state index in [0.717, 1.165) is 44.7 Å². The fraction of sp³-hybridized carbons (Fsp3) is 0.667. The van der Waals surface area contributed by atoms with Crippen LogP contribution in [0.15, 0.2) is 6.07 Å². The predicted octanol–water partition coefficient (Wildman–Crippen LogP) is 0.206. The quantitative estimate of drug-likeness (QED) is 0.715. The monoisotopic (exact) mass is 251 g/mol. The molecule has 0 atom stereocenters. The summed E-state index contributed by atoms with van der Waals surface area (Å²) in [5.74, 6) is 0.621. The normalized spacial score (nSPS) is 17.4. The van der Waals surface area contributed by atoms with E-state index in [0.29, 0.717) is 12.4 Å². The molecule has 100 valence electrons. The van der Waals surface area contributed by atoms with Crippen LogP contribution >= 0.6 is 0 Å². The molecular formula is C12H21N5O. The second-order valence-electron chi connectivity index (χ2n) is 4.56. The highest BCUT2D eigenvalue weighted by atomic mass is 16.2. The van der Waals surface area contributed by atoms with E-state index >= 15 is 0 Å². The molecule has 2 rings (SSSR count). The van der Waals surface area contributed by atoms with E-state index in [4.69, 9.17) is 0 Å². The molecule has 0 bridgehead atoms. The lowest BCUT2D eigenvalue weighted by atomic mass is 10.3. The maximum absolute atomic E-state index is 11.9. The number of aromatic amines is 1. The van der Waals surface area contributed by atoms with Gasteiger partial charge in [-0.05, 0) is 25.9 Å². The Bertz CT molecular complexity index is 382. The van der Waals surface area contributed by atoms with Crippen molar-refractivity contribution in [2.24, 2.45) is 0 Å². The van der Waals surface area contributed by atoms with Gasteiger partial charge >= 0.3 is 0 Å². The van der Waals surface area contributed by atoms with E-state index in [9.17, 15) is 4.79 Å². The van der Waals surface area contributed by atoms with Gasteiger partial charge in [-0.2, -0.15) is 5.10 Å². The minimum atomic E-state index is 0.00560. The molecule has 6 nitrogen and oxygen atoms in total. The molecule has 18 heavy (non-hydrogen) atoms. The predicted molar refractivity (Wildman–Crippen MR) is 70.5 cm³/mol. The van der Waals surface area contributed by atoms with Gasteiger partial charge in [0.25, 0.3) is 0 Å². The molecule has 1 saturated heterocycles. The van der Waals surface area contributed by atoms with Crippen LogP contribution in [-0.2, 0) is 11.2 Å². The number of hydrogen-bond donors (Lipinski definition) is 3. The molecule has 0 saturated carbocycles. The number of H-pyrrole nitrogens is 1. The Morgan fingerprint density at radius 3 is 3.17 bits per heavy atom. The Labute approximate surface area is 107 Å². The highest BCUT2D eigenvalue weighted by Crippen LogP contribution is 2.05. The first-order chi connectivity index (χ1) is 8.78. The number of nitrogens with zero attached hydrogens (tertiary/aromatic N) is 2. The van der Waals surface area contributed by atoms with E-state index in [1.54, 1.807) is 0 Å². The van der Waals surface area contributed by atoms with Crippen LogP contribution in [0.1, 0.15) is 19.0 Å². The van der Waals surface area contributed by atoms with Crippen molar-refractivity contribution < 1.29 is 4.79 Å². The van der Waals surface area contributed by atoms with Gasteiger partial charge in [0.05, 0.1) is 6.54 Å². The number of nitrogens with one attached hydrogen (secondary N) is 3. The van der Waals surface area contributed by atoms with Crippen molar-refractivity contribution >= 4 is 11.7 Å². The first-order valence-corrected chi connectivity index (χ1v) is 6.55. The zero-order valence-corrected chi connectivity index (χ0v) is 10.8. The summed E-state index contributed by atoms with van der Waals surface area (Å²) < 4.78 is 0. The Kier molecular flexibility index (Phi) is 4.72. The summed E-state index contributed by atoms with van der Waals surface area (Å²) in [6.45, 7) is 6.38. The smallest absolute Gasteiger partial charge is 0.239 e. The first-order valence-electron chi connectivity index (χ1n) is 6.55. The third-order valence-electron chi connectivity index (χ3n) is 3.08. The van der Waals surface area contributed by atoms with Crippen molar-refractivity contribution in [3.8, 4) is 0 Å². The number of carbonyl (C=O) groups excluding carboxylic acids is 1. The van der Waals surface area contributed by atoms with Crippen LogP contribution in [0.4, 0.5) is 5.82 Å². The Balaban J connectivity index is 1.80. The zero-order chi connectivity index (χ0) is 12.8. The lowest BCUT2D eigenvalue weighted by molar-refractivity contribution is -0.117. The van der Waals surface area contributed by atoms with Crippen molar-refractivity contribution in [2.75, 3.05) is 38.0 Å². The van der Waals surface area contributed by atoms with Crippen LogP contribution in [-0.4, -0.2) is 53.7 Å². The molecule has 1 aliphatic heterocycles. The standard InChI is InChI=1S/C12H21N5O/c1-2-10-8-11(16-15-10)14-12(18)9-17-6-3-4-13-5-7-17/h8,13H,2-7,9H2,1H3,(H2,14,15,16,18). The van der Waals surface area contributed by atoms with Crippen molar-refractivity contribution in [1.29, 1.82) is 0 Å². The van der Waals surface area contributed by atoms with E-state index in [1.165, 1.54) is 0 Å². The maximum Gasteiger partial charge on any atom is 0.239 e. The van der Waals surface area contributed by atoms with Crippen molar-refractivity contribution in [1.82, 2.24) is 20.4 Å². The van der Waals surface area contributed by atoms with Gasteiger partial charge in [-0.25, -0.2) is 0 Å². The number of rotatable bonds is 4. The molecule has 1 fully saturated rings. The average molecular weight is 251 g/mol. The zero-order valence-electron chi connectivity index (χ0n) is 10.8. The number of anilines is 1. The molecule has 0 unspecified atom stereocenters. The van der Waals surface area contributed by atoms with Crippen molar-refractivity contribution in [2.45, 2.75) is 19.8 Å².